The van der Waals surface area contributed by atoms with Crippen LogP contribution in [0.4, 0.5) is 0 Å². The van der Waals surface area contributed by atoms with Crippen LogP contribution < -0.4 is 5.43 Å². The third kappa shape index (κ3) is 3.81. The van der Waals surface area contributed by atoms with Crippen molar-refractivity contribution in [1.29, 1.82) is 0 Å². The SMILES string of the molecule is Cc1ccc(-n2cccc2/C=N\NC(=O)c2cc3cc(Br)cc(Br)c3o2)cc1. The highest BCUT2D eigenvalue weighted by Crippen LogP contribution is 2.30. The fourth-order valence-corrected chi connectivity index (χ4v) is 4.18. The predicted octanol–water partition coefficient (Wildman–Crippen LogP) is 5.82. The van der Waals surface area contributed by atoms with E-state index in [1.54, 1.807) is 12.3 Å². The molecule has 2 aromatic carbocycles. The molecule has 1 amide bonds. The van der Waals surface area contributed by atoms with E-state index in [1.165, 1.54) is 5.56 Å². The van der Waals surface area contributed by atoms with Gasteiger partial charge in [0.1, 0.15) is 5.58 Å². The number of hydrazone groups is 1. The predicted molar refractivity (Wildman–Crippen MR) is 117 cm³/mol. The molecule has 0 aliphatic rings. The van der Waals surface area contributed by atoms with Crippen molar-refractivity contribution < 1.29 is 9.21 Å². The minimum Gasteiger partial charge on any atom is -0.450 e. The topological polar surface area (TPSA) is 59.5 Å². The molecular weight excluding hydrogens is 486 g/mol. The minimum atomic E-state index is -0.413. The maximum Gasteiger partial charge on any atom is 0.307 e. The highest BCUT2D eigenvalue weighted by molar-refractivity contribution is 9.11. The first-order valence-electron chi connectivity index (χ1n) is 8.47. The quantitative estimate of drug-likeness (QED) is 0.283. The molecule has 140 valence electrons. The Morgan fingerprint density at radius 1 is 1.14 bits per heavy atom. The number of hydrogen-bond donors (Lipinski definition) is 1. The minimum absolute atomic E-state index is 0.194. The summed E-state index contributed by atoms with van der Waals surface area (Å²) in [6.45, 7) is 2.05. The van der Waals surface area contributed by atoms with Gasteiger partial charge in [0.2, 0.25) is 0 Å². The number of carbonyl (C=O) groups is 1. The van der Waals surface area contributed by atoms with E-state index in [0.29, 0.717) is 5.58 Å². The van der Waals surface area contributed by atoms with Gasteiger partial charge in [-0.1, -0.05) is 33.6 Å². The largest absolute Gasteiger partial charge is 0.450 e. The van der Waals surface area contributed by atoms with Crippen LogP contribution in [0.2, 0.25) is 0 Å². The Balaban J connectivity index is 1.51. The smallest absolute Gasteiger partial charge is 0.307 e. The monoisotopic (exact) mass is 499 g/mol. The van der Waals surface area contributed by atoms with Gasteiger partial charge in [0, 0.05) is 21.7 Å². The molecule has 2 heterocycles. The van der Waals surface area contributed by atoms with Crippen LogP contribution in [-0.4, -0.2) is 16.7 Å². The first-order chi connectivity index (χ1) is 13.5. The summed E-state index contributed by atoms with van der Waals surface area (Å²) < 4.78 is 9.31. The maximum atomic E-state index is 12.4. The van der Waals surface area contributed by atoms with Gasteiger partial charge in [-0.3, -0.25) is 4.79 Å². The number of hydrogen-bond acceptors (Lipinski definition) is 3. The molecule has 4 rings (SSSR count). The van der Waals surface area contributed by atoms with Crippen LogP contribution in [0.5, 0.6) is 0 Å². The summed E-state index contributed by atoms with van der Waals surface area (Å²) in [4.78, 5) is 12.4. The number of aryl methyl sites for hydroxylation is 1. The molecule has 0 saturated heterocycles. The molecule has 2 aromatic heterocycles. The van der Waals surface area contributed by atoms with E-state index in [4.69, 9.17) is 4.42 Å². The van der Waals surface area contributed by atoms with E-state index in [2.05, 4.69) is 54.5 Å². The third-order valence-corrected chi connectivity index (χ3v) is 5.26. The molecule has 4 aromatic rings. The van der Waals surface area contributed by atoms with Crippen molar-refractivity contribution in [2.75, 3.05) is 0 Å². The lowest BCUT2D eigenvalue weighted by atomic mass is 10.2. The molecule has 0 aliphatic carbocycles. The number of fused-ring (bicyclic) bond motifs is 1. The van der Waals surface area contributed by atoms with Crippen LogP contribution in [0.15, 0.2) is 79.3 Å². The highest BCUT2D eigenvalue weighted by Gasteiger charge is 2.14. The van der Waals surface area contributed by atoms with Crippen molar-refractivity contribution >= 4 is 55.0 Å². The van der Waals surface area contributed by atoms with E-state index < -0.39 is 5.91 Å². The number of nitrogens with zero attached hydrogens (tertiary/aromatic N) is 2. The summed E-state index contributed by atoms with van der Waals surface area (Å²) in [5.74, 6) is -0.219. The van der Waals surface area contributed by atoms with Crippen molar-refractivity contribution in [2.45, 2.75) is 6.92 Å². The number of rotatable bonds is 4. The average molecular weight is 501 g/mol. The van der Waals surface area contributed by atoms with Gasteiger partial charge >= 0.3 is 5.91 Å². The average Bonchev–Trinajstić information content (AvgIpc) is 3.29. The molecule has 7 heteroatoms. The first-order valence-corrected chi connectivity index (χ1v) is 10.1. The molecule has 0 atom stereocenters. The zero-order valence-corrected chi connectivity index (χ0v) is 18.0. The normalized spacial score (nSPS) is 11.4. The van der Waals surface area contributed by atoms with E-state index in [9.17, 15) is 4.79 Å². The van der Waals surface area contributed by atoms with Gasteiger partial charge in [0.05, 0.1) is 16.4 Å². The fourth-order valence-electron chi connectivity index (χ4n) is 2.84. The summed E-state index contributed by atoms with van der Waals surface area (Å²) >= 11 is 6.86. The van der Waals surface area contributed by atoms with E-state index in [1.807, 2.05) is 54.1 Å². The second-order valence-electron chi connectivity index (χ2n) is 6.25. The van der Waals surface area contributed by atoms with Crippen molar-refractivity contribution in [3.63, 3.8) is 0 Å². The maximum absolute atomic E-state index is 12.4. The summed E-state index contributed by atoms with van der Waals surface area (Å²) in [7, 11) is 0. The number of amides is 1. The van der Waals surface area contributed by atoms with Gasteiger partial charge in [0.15, 0.2) is 5.76 Å². The molecule has 0 radical (unpaired) electrons. The Hall–Kier alpha value is -2.64. The van der Waals surface area contributed by atoms with Gasteiger partial charge in [-0.05, 0) is 65.3 Å². The van der Waals surface area contributed by atoms with Gasteiger partial charge in [0.25, 0.3) is 0 Å². The van der Waals surface area contributed by atoms with E-state index in [0.717, 1.165) is 25.7 Å². The molecule has 0 fully saturated rings. The van der Waals surface area contributed by atoms with Crippen LogP contribution in [0.1, 0.15) is 21.8 Å². The van der Waals surface area contributed by atoms with Crippen molar-refractivity contribution in [2.24, 2.45) is 5.10 Å². The standard InChI is InChI=1S/C21H15Br2N3O2/c1-13-4-6-16(7-5-13)26-8-2-3-17(26)12-24-25-21(27)19-10-14-9-15(22)11-18(23)20(14)28-19/h2-12H,1H3,(H,25,27)/b24-12-. The van der Waals surface area contributed by atoms with Crippen LogP contribution in [0.3, 0.4) is 0 Å². The summed E-state index contributed by atoms with van der Waals surface area (Å²) in [5, 5.41) is 4.90. The highest BCUT2D eigenvalue weighted by atomic mass is 79.9. The van der Waals surface area contributed by atoms with Crippen LogP contribution in [0.25, 0.3) is 16.7 Å². The lowest BCUT2D eigenvalue weighted by molar-refractivity contribution is 0.0929. The zero-order valence-electron chi connectivity index (χ0n) is 14.8. The molecule has 0 bridgehead atoms. The summed E-state index contributed by atoms with van der Waals surface area (Å²) in [5.41, 5.74) is 6.20. The van der Waals surface area contributed by atoms with Gasteiger partial charge in [-0.15, -0.1) is 0 Å². The molecule has 0 aliphatic heterocycles. The Morgan fingerprint density at radius 3 is 2.71 bits per heavy atom. The summed E-state index contributed by atoms with van der Waals surface area (Å²) in [6.07, 6.45) is 3.55. The zero-order chi connectivity index (χ0) is 19.7. The number of nitrogens with one attached hydrogen (secondary N) is 1. The van der Waals surface area contributed by atoms with Crippen LogP contribution in [-0.2, 0) is 0 Å². The number of carbonyl (C=O) groups excluding carboxylic acids is 1. The molecule has 0 saturated carbocycles. The summed E-state index contributed by atoms with van der Waals surface area (Å²) in [6, 6.07) is 17.5. The molecular formula is C21H15Br2N3O2. The molecule has 0 spiro atoms. The van der Waals surface area contributed by atoms with Crippen LogP contribution in [0, 0.1) is 6.92 Å². The molecule has 5 nitrogen and oxygen atoms in total. The van der Waals surface area contributed by atoms with Crippen molar-refractivity contribution in [3.05, 3.63) is 86.8 Å². The Bertz CT molecular complexity index is 1190. The van der Waals surface area contributed by atoms with E-state index in [-0.39, 0.29) is 5.76 Å². The van der Waals surface area contributed by atoms with Crippen LogP contribution >= 0.6 is 31.9 Å². The number of benzene rings is 2. The Labute approximate surface area is 178 Å². The lowest BCUT2D eigenvalue weighted by Crippen LogP contribution is -2.17. The second kappa shape index (κ2) is 7.77. The van der Waals surface area contributed by atoms with E-state index >= 15 is 0 Å². The Kier molecular flexibility index (Phi) is 5.19. The first kappa shape index (κ1) is 18.7. The van der Waals surface area contributed by atoms with Gasteiger partial charge in [-0.25, -0.2) is 5.43 Å². The Morgan fingerprint density at radius 2 is 1.93 bits per heavy atom. The van der Waals surface area contributed by atoms with Gasteiger partial charge < -0.3 is 8.98 Å². The van der Waals surface area contributed by atoms with Gasteiger partial charge in [-0.2, -0.15) is 5.10 Å². The molecule has 1 N–H and O–H groups in total. The van der Waals surface area contributed by atoms with Crippen molar-refractivity contribution in [3.8, 4) is 5.69 Å². The molecule has 28 heavy (non-hydrogen) atoms. The van der Waals surface area contributed by atoms with Crippen molar-refractivity contribution in [1.82, 2.24) is 9.99 Å². The number of furan rings is 1. The third-order valence-electron chi connectivity index (χ3n) is 4.21. The fraction of sp³-hybridized carbons (Fsp3) is 0.0476. The number of aromatic nitrogens is 1. The number of halogens is 2. The second-order valence-corrected chi connectivity index (χ2v) is 8.02. The lowest BCUT2D eigenvalue weighted by Gasteiger charge is -2.06. The molecule has 0 unspecified atom stereocenters.